The number of hydrogen-bond acceptors (Lipinski definition) is 4. The molecule has 1 saturated heterocycles. The zero-order valence-electron chi connectivity index (χ0n) is 12.8. The summed E-state index contributed by atoms with van der Waals surface area (Å²) in [6.07, 6.45) is 8.79. The summed E-state index contributed by atoms with van der Waals surface area (Å²) in [5.74, 6) is 0.374. The van der Waals surface area contributed by atoms with Crippen LogP contribution in [0.4, 0.5) is 0 Å². The molecule has 0 saturated carbocycles. The van der Waals surface area contributed by atoms with Crippen LogP contribution in [0.25, 0.3) is 0 Å². The number of carbonyl (C=O) groups excluding carboxylic acids is 1. The normalized spacial score (nSPS) is 14.7. The quantitative estimate of drug-likeness (QED) is 0.559. The molecular formula is C15H31NO4. The maximum atomic E-state index is 11.3. The van der Waals surface area contributed by atoms with Gasteiger partial charge in [0.15, 0.2) is 0 Å². The molecule has 0 bridgehead atoms. The number of carbonyl (C=O) groups is 1. The smallest absolute Gasteiger partial charge is 0.222 e. The van der Waals surface area contributed by atoms with Crippen LogP contribution in [0.15, 0.2) is 0 Å². The number of nitrogens with zero attached hydrogens (tertiary/aromatic N) is 1. The van der Waals surface area contributed by atoms with Crippen LogP contribution < -0.4 is 0 Å². The molecule has 1 aliphatic heterocycles. The van der Waals surface area contributed by atoms with Crippen molar-refractivity contribution in [2.75, 3.05) is 26.3 Å². The lowest BCUT2D eigenvalue weighted by atomic mass is 10.1. The molecule has 0 spiro atoms. The summed E-state index contributed by atoms with van der Waals surface area (Å²) in [7, 11) is 0. The highest BCUT2D eigenvalue weighted by Crippen LogP contribution is 2.12. The Hall–Kier alpha value is -0.650. The van der Waals surface area contributed by atoms with Crippen molar-refractivity contribution in [3.8, 4) is 0 Å². The third kappa shape index (κ3) is 10.2. The molecule has 1 rings (SSSR count). The number of hydrogen-bond donors (Lipinski definition) is 3. The van der Waals surface area contributed by atoms with E-state index >= 15 is 0 Å². The Bertz CT molecular complexity index is 232. The number of aliphatic hydroxyl groups excluding tert-OH is 3. The molecule has 0 radical (unpaired) electrons. The first-order valence-electron chi connectivity index (χ1n) is 7.83. The van der Waals surface area contributed by atoms with E-state index in [2.05, 4.69) is 6.92 Å². The Morgan fingerprint density at radius 2 is 1.70 bits per heavy atom. The minimum absolute atomic E-state index is 0.365. The van der Waals surface area contributed by atoms with E-state index in [4.69, 9.17) is 15.3 Å². The Morgan fingerprint density at radius 1 is 1.10 bits per heavy atom. The van der Waals surface area contributed by atoms with Gasteiger partial charge in [-0.1, -0.05) is 39.0 Å². The van der Waals surface area contributed by atoms with Gasteiger partial charge in [-0.05, 0) is 12.8 Å². The molecule has 1 fully saturated rings. The van der Waals surface area contributed by atoms with Crippen molar-refractivity contribution in [1.82, 2.24) is 4.90 Å². The van der Waals surface area contributed by atoms with E-state index in [1.165, 1.54) is 38.5 Å². The number of likely N-dealkylation sites (tertiary alicyclic amines) is 1. The van der Waals surface area contributed by atoms with Crippen molar-refractivity contribution in [2.45, 2.75) is 64.4 Å². The lowest BCUT2D eigenvalue weighted by molar-refractivity contribution is -0.127. The standard InChI is InChI=1S/C12H23NO.C3H8O3/c1-2-3-4-5-6-7-10-13-11-8-9-12(13)14;4-1-3(6)2-5/h2-11H2,1H3;3-6H,1-2H2. The first kappa shape index (κ1) is 19.4. The van der Waals surface area contributed by atoms with Crippen LogP contribution in [0.2, 0.25) is 0 Å². The number of aliphatic hydroxyl groups is 3. The van der Waals surface area contributed by atoms with Crippen LogP contribution in [-0.4, -0.2) is 58.5 Å². The molecule has 0 unspecified atom stereocenters. The second kappa shape index (κ2) is 13.3. The van der Waals surface area contributed by atoms with Crippen LogP contribution in [-0.2, 0) is 4.79 Å². The predicted molar refractivity (Wildman–Crippen MR) is 79.4 cm³/mol. The maximum absolute atomic E-state index is 11.3. The van der Waals surface area contributed by atoms with Gasteiger partial charge in [0, 0.05) is 19.5 Å². The molecule has 0 atom stereocenters. The Balaban J connectivity index is 0.000000511. The van der Waals surface area contributed by atoms with Crippen molar-refractivity contribution in [3.05, 3.63) is 0 Å². The molecule has 1 aliphatic rings. The molecule has 5 heteroatoms. The van der Waals surface area contributed by atoms with Gasteiger partial charge < -0.3 is 20.2 Å². The van der Waals surface area contributed by atoms with E-state index in [0.29, 0.717) is 5.91 Å². The van der Waals surface area contributed by atoms with Crippen molar-refractivity contribution in [2.24, 2.45) is 0 Å². The Morgan fingerprint density at radius 3 is 2.15 bits per heavy atom. The highest BCUT2D eigenvalue weighted by Gasteiger charge is 2.18. The molecule has 120 valence electrons. The van der Waals surface area contributed by atoms with Gasteiger partial charge in [-0.25, -0.2) is 0 Å². The largest absolute Gasteiger partial charge is 0.394 e. The lowest BCUT2D eigenvalue weighted by Gasteiger charge is -2.14. The minimum atomic E-state index is -0.954. The fourth-order valence-corrected chi connectivity index (χ4v) is 2.08. The van der Waals surface area contributed by atoms with Gasteiger partial charge in [0.1, 0.15) is 6.10 Å². The van der Waals surface area contributed by atoms with Crippen LogP contribution in [0.5, 0.6) is 0 Å². The van der Waals surface area contributed by atoms with Crippen molar-refractivity contribution < 1.29 is 20.1 Å². The molecule has 1 amide bonds. The zero-order chi connectivity index (χ0) is 15.2. The molecule has 0 aromatic carbocycles. The molecule has 0 aromatic heterocycles. The first-order chi connectivity index (χ1) is 9.65. The van der Waals surface area contributed by atoms with Crippen molar-refractivity contribution in [3.63, 3.8) is 0 Å². The summed E-state index contributed by atoms with van der Waals surface area (Å²) in [6.45, 7) is 3.52. The average molecular weight is 289 g/mol. The van der Waals surface area contributed by atoms with Gasteiger partial charge in [0.25, 0.3) is 0 Å². The van der Waals surface area contributed by atoms with Crippen molar-refractivity contribution >= 4 is 5.91 Å². The highest BCUT2D eigenvalue weighted by atomic mass is 16.3. The van der Waals surface area contributed by atoms with Crippen LogP contribution >= 0.6 is 0 Å². The molecule has 1 heterocycles. The molecule has 20 heavy (non-hydrogen) atoms. The van der Waals surface area contributed by atoms with Gasteiger partial charge in [-0.15, -0.1) is 0 Å². The van der Waals surface area contributed by atoms with E-state index < -0.39 is 6.10 Å². The fraction of sp³-hybridized carbons (Fsp3) is 0.933. The van der Waals surface area contributed by atoms with E-state index in [1.54, 1.807) is 0 Å². The van der Waals surface area contributed by atoms with Gasteiger partial charge >= 0.3 is 0 Å². The second-order valence-corrected chi connectivity index (χ2v) is 5.27. The monoisotopic (exact) mass is 289 g/mol. The van der Waals surface area contributed by atoms with Crippen molar-refractivity contribution in [1.29, 1.82) is 0 Å². The summed E-state index contributed by atoms with van der Waals surface area (Å²) in [5, 5.41) is 24.0. The van der Waals surface area contributed by atoms with Gasteiger partial charge in [0.05, 0.1) is 13.2 Å². The molecule has 0 aliphatic carbocycles. The summed E-state index contributed by atoms with van der Waals surface area (Å²) in [5.41, 5.74) is 0. The van der Waals surface area contributed by atoms with E-state index in [-0.39, 0.29) is 13.2 Å². The minimum Gasteiger partial charge on any atom is -0.394 e. The summed E-state index contributed by atoms with van der Waals surface area (Å²) >= 11 is 0. The summed E-state index contributed by atoms with van der Waals surface area (Å²) in [6, 6.07) is 0. The topological polar surface area (TPSA) is 81.0 Å². The first-order valence-corrected chi connectivity index (χ1v) is 7.83. The number of rotatable bonds is 9. The molecule has 5 nitrogen and oxygen atoms in total. The highest BCUT2D eigenvalue weighted by molar-refractivity contribution is 5.77. The van der Waals surface area contributed by atoms with E-state index in [0.717, 1.165) is 25.9 Å². The van der Waals surface area contributed by atoms with Crippen LogP contribution in [0.1, 0.15) is 58.3 Å². The SMILES string of the molecule is CCCCCCCCN1CCCC1=O.OCC(O)CO. The summed E-state index contributed by atoms with van der Waals surface area (Å²) < 4.78 is 0. The zero-order valence-corrected chi connectivity index (χ0v) is 12.8. The molecule has 3 N–H and O–H groups in total. The number of unbranched alkanes of at least 4 members (excludes halogenated alkanes) is 5. The predicted octanol–water partition coefficient (Wildman–Crippen LogP) is 1.30. The third-order valence-corrected chi connectivity index (χ3v) is 3.37. The van der Waals surface area contributed by atoms with Gasteiger partial charge in [-0.2, -0.15) is 0 Å². The second-order valence-electron chi connectivity index (χ2n) is 5.27. The van der Waals surface area contributed by atoms with Gasteiger partial charge in [0.2, 0.25) is 5.91 Å². The average Bonchev–Trinajstić information content (AvgIpc) is 2.88. The van der Waals surface area contributed by atoms with Crippen LogP contribution in [0, 0.1) is 0 Å². The molecule has 0 aromatic rings. The van der Waals surface area contributed by atoms with E-state index in [1.807, 2.05) is 4.90 Å². The number of amides is 1. The Labute approximate surface area is 122 Å². The van der Waals surface area contributed by atoms with E-state index in [9.17, 15) is 4.79 Å². The fourth-order valence-electron chi connectivity index (χ4n) is 2.08. The maximum Gasteiger partial charge on any atom is 0.222 e. The molecular weight excluding hydrogens is 258 g/mol. The van der Waals surface area contributed by atoms with Gasteiger partial charge in [-0.3, -0.25) is 4.79 Å². The third-order valence-electron chi connectivity index (χ3n) is 3.37. The summed E-state index contributed by atoms with van der Waals surface area (Å²) in [4.78, 5) is 13.3. The Kier molecular flexibility index (Phi) is 12.9. The lowest BCUT2D eigenvalue weighted by Crippen LogP contribution is -2.25. The van der Waals surface area contributed by atoms with Crippen LogP contribution in [0.3, 0.4) is 0 Å².